The molecule has 0 fully saturated rings. The van der Waals surface area contributed by atoms with Crippen LogP contribution in [0.2, 0.25) is 5.02 Å². The van der Waals surface area contributed by atoms with Crippen molar-refractivity contribution < 1.29 is 28.6 Å². The zero-order valence-corrected chi connectivity index (χ0v) is 18.8. The summed E-state index contributed by atoms with van der Waals surface area (Å²) < 4.78 is 15.7. The highest BCUT2D eigenvalue weighted by Crippen LogP contribution is 2.38. The smallest absolute Gasteiger partial charge is 0.363 e. The van der Waals surface area contributed by atoms with Crippen molar-refractivity contribution in [1.82, 2.24) is 0 Å². The minimum Gasteiger partial charge on any atom is -0.493 e. The van der Waals surface area contributed by atoms with Gasteiger partial charge in [0.1, 0.15) is 0 Å². The van der Waals surface area contributed by atoms with Gasteiger partial charge in [-0.05, 0) is 48.5 Å². The van der Waals surface area contributed by atoms with Gasteiger partial charge in [-0.1, -0.05) is 23.7 Å². The normalized spacial score (nSPS) is 10.5. The summed E-state index contributed by atoms with van der Waals surface area (Å²) in [5, 5.41) is 7.88. The van der Waals surface area contributed by atoms with Crippen LogP contribution in [0.5, 0.6) is 17.2 Å². The largest absolute Gasteiger partial charge is 0.493 e. The Balaban J connectivity index is 1.63. The third-order valence-corrected chi connectivity index (χ3v) is 4.72. The Morgan fingerprint density at radius 1 is 0.879 bits per heavy atom. The maximum Gasteiger partial charge on any atom is 0.363 e. The molecular weight excluding hydrogens is 450 g/mol. The van der Waals surface area contributed by atoms with Crippen LogP contribution in [0.4, 0.5) is 11.4 Å². The Labute approximate surface area is 194 Å². The van der Waals surface area contributed by atoms with Gasteiger partial charge in [0.25, 0.3) is 5.91 Å². The van der Waals surface area contributed by atoms with Gasteiger partial charge in [0, 0.05) is 0 Å². The lowest BCUT2D eigenvalue weighted by molar-refractivity contribution is 0.0595. The van der Waals surface area contributed by atoms with Gasteiger partial charge in [-0.3, -0.25) is 4.79 Å². The number of azo groups is 1. The zero-order valence-electron chi connectivity index (χ0n) is 18.0. The molecule has 9 nitrogen and oxygen atoms in total. The fourth-order valence-electron chi connectivity index (χ4n) is 2.75. The van der Waals surface area contributed by atoms with Crippen molar-refractivity contribution >= 4 is 34.9 Å². The second-order valence-electron chi connectivity index (χ2n) is 6.44. The fraction of sp³-hybridized carbons (Fsp3) is 0.130. The predicted molar refractivity (Wildman–Crippen MR) is 122 cm³/mol. The molecule has 10 heteroatoms. The van der Waals surface area contributed by atoms with E-state index < -0.39 is 11.9 Å². The van der Waals surface area contributed by atoms with E-state index in [1.807, 2.05) is 0 Å². The van der Waals surface area contributed by atoms with E-state index >= 15 is 0 Å². The van der Waals surface area contributed by atoms with E-state index in [1.165, 1.54) is 33.5 Å². The van der Waals surface area contributed by atoms with E-state index in [-0.39, 0.29) is 11.1 Å². The van der Waals surface area contributed by atoms with Crippen LogP contribution in [0, 0.1) is 0 Å². The first-order valence-electron chi connectivity index (χ1n) is 9.54. The molecule has 0 aliphatic carbocycles. The molecule has 0 aliphatic rings. The number of rotatable bonds is 8. The van der Waals surface area contributed by atoms with Gasteiger partial charge in [0.15, 0.2) is 11.5 Å². The van der Waals surface area contributed by atoms with Crippen LogP contribution in [0.15, 0.2) is 70.9 Å². The molecule has 170 valence electrons. The van der Waals surface area contributed by atoms with Crippen molar-refractivity contribution in [3.63, 3.8) is 0 Å². The van der Waals surface area contributed by atoms with Crippen LogP contribution < -0.4 is 19.7 Å². The van der Waals surface area contributed by atoms with E-state index in [4.69, 9.17) is 30.6 Å². The quantitative estimate of drug-likeness (QED) is 0.344. The van der Waals surface area contributed by atoms with Crippen LogP contribution in [0.1, 0.15) is 20.7 Å². The van der Waals surface area contributed by atoms with Crippen molar-refractivity contribution in [2.24, 2.45) is 10.2 Å². The summed E-state index contributed by atoms with van der Waals surface area (Å²) in [7, 11) is 4.37. The summed E-state index contributed by atoms with van der Waals surface area (Å²) in [6, 6.07) is 15.9. The molecule has 0 spiro atoms. The topological polar surface area (TPSA) is 108 Å². The third-order valence-electron chi connectivity index (χ3n) is 4.39. The van der Waals surface area contributed by atoms with Crippen LogP contribution >= 0.6 is 11.6 Å². The molecule has 0 bridgehead atoms. The molecular formula is C23H20ClN3O6. The Morgan fingerprint density at radius 2 is 1.52 bits per heavy atom. The number of benzene rings is 3. The summed E-state index contributed by atoms with van der Waals surface area (Å²) in [6.45, 7) is 0. The molecule has 33 heavy (non-hydrogen) atoms. The molecule has 1 N–H and O–H groups in total. The number of hydrogen-bond acceptors (Lipinski definition) is 8. The zero-order chi connectivity index (χ0) is 23.8. The first-order chi connectivity index (χ1) is 16.0. The standard InChI is InChI=1S/C23H20ClN3O6/c1-30-19-12-14(13-20(31-2)21(19)32-3)23(29)33-27-16-10-8-15(9-11-16)25-26-22(28)17-6-4-5-7-18(17)24/h4-13,27H,1-3H3. The molecule has 0 aliphatic heterocycles. The minimum atomic E-state index is -0.664. The number of methoxy groups -OCH3 is 3. The number of ether oxygens (including phenoxy) is 3. The number of nitrogens with one attached hydrogen (secondary N) is 1. The van der Waals surface area contributed by atoms with E-state index in [1.54, 1.807) is 48.5 Å². The van der Waals surface area contributed by atoms with E-state index in [9.17, 15) is 9.59 Å². The summed E-state index contributed by atoms with van der Waals surface area (Å²) in [5.74, 6) is -0.206. The second-order valence-corrected chi connectivity index (χ2v) is 6.84. The number of nitrogens with zero attached hydrogens (tertiary/aromatic N) is 2. The SMILES string of the molecule is COc1cc(C(=O)ONc2ccc(N=NC(=O)c3ccccc3Cl)cc2)cc(OC)c1OC. The van der Waals surface area contributed by atoms with Crippen LogP contribution in [-0.4, -0.2) is 33.2 Å². The van der Waals surface area contributed by atoms with Crippen molar-refractivity contribution in [1.29, 1.82) is 0 Å². The van der Waals surface area contributed by atoms with Gasteiger partial charge in [0.2, 0.25) is 5.75 Å². The number of hydrogen-bond donors (Lipinski definition) is 1. The molecule has 3 aromatic carbocycles. The van der Waals surface area contributed by atoms with Crippen LogP contribution in [0.3, 0.4) is 0 Å². The van der Waals surface area contributed by atoms with E-state index in [0.29, 0.717) is 33.6 Å². The summed E-state index contributed by atoms with van der Waals surface area (Å²) in [6.07, 6.45) is 0. The van der Waals surface area contributed by atoms with Gasteiger partial charge in [0.05, 0.1) is 48.9 Å². The Morgan fingerprint density at radius 3 is 2.09 bits per heavy atom. The molecule has 1 amide bonds. The number of carbonyl (C=O) groups is 2. The maximum absolute atomic E-state index is 12.4. The Bertz CT molecular complexity index is 1160. The fourth-order valence-corrected chi connectivity index (χ4v) is 2.97. The number of amides is 1. The van der Waals surface area contributed by atoms with Crippen molar-refractivity contribution in [2.45, 2.75) is 0 Å². The van der Waals surface area contributed by atoms with Gasteiger partial charge in [-0.25, -0.2) is 10.3 Å². The third kappa shape index (κ3) is 5.78. The maximum atomic E-state index is 12.4. The van der Waals surface area contributed by atoms with Gasteiger partial charge in [-0.15, -0.1) is 10.2 Å². The van der Waals surface area contributed by atoms with E-state index in [0.717, 1.165) is 0 Å². The highest BCUT2D eigenvalue weighted by Gasteiger charge is 2.18. The van der Waals surface area contributed by atoms with Crippen LogP contribution in [0.25, 0.3) is 0 Å². The molecule has 3 aromatic rings. The summed E-state index contributed by atoms with van der Waals surface area (Å²) in [5.41, 5.74) is 3.92. The van der Waals surface area contributed by atoms with Crippen molar-refractivity contribution in [3.8, 4) is 17.2 Å². The predicted octanol–water partition coefficient (Wildman–Crippen LogP) is 5.47. The molecule has 0 heterocycles. The van der Waals surface area contributed by atoms with Crippen molar-refractivity contribution in [3.05, 3.63) is 76.8 Å². The lowest BCUT2D eigenvalue weighted by Gasteiger charge is -2.14. The first kappa shape index (κ1) is 23.6. The minimum absolute atomic E-state index is 0.195. The number of carbonyl (C=O) groups excluding carboxylic acids is 2. The van der Waals surface area contributed by atoms with E-state index in [2.05, 4.69) is 15.7 Å². The average molecular weight is 470 g/mol. The lowest BCUT2D eigenvalue weighted by Crippen LogP contribution is -2.11. The first-order valence-corrected chi connectivity index (χ1v) is 9.92. The Hall–Kier alpha value is -4.11. The van der Waals surface area contributed by atoms with Gasteiger partial charge < -0.3 is 19.0 Å². The van der Waals surface area contributed by atoms with Gasteiger partial charge in [-0.2, -0.15) is 0 Å². The summed E-state index contributed by atoms with van der Waals surface area (Å²) in [4.78, 5) is 29.7. The van der Waals surface area contributed by atoms with Crippen molar-refractivity contribution in [2.75, 3.05) is 26.8 Å². The molecule has 0 atom stereocenters. The van der Waals surface area contributed by atoms with Gasteiger partial charge >= 0.3 is 5.97 Å². The van der Waals surface area contributed by atoms with Crippen LogP contribution in [-0.2, 0) is 4.84 Å². The number of anilines is 1. The Kier molecular flexibility index (Phi) is 7.82. The molecule has 3 rings (SSSR count). The molecule has 0 aromatic heterocycles. The summed E-state index contributed by atoms with van der Waals surface area (Å²) >= 11 is 5.98. The molecule has 0 saturated carbocycles. The number of halogens is 1. The molecule has 0 saturated heterocycles. The highest BCUT2D eigenvalue weighted by molar-refractivity contribution is 6.33. The monoisotopic (exact) mass is 469 g/mol. The second kappa shape index (κ2) is 11.0. The lowest BCUT2D eigenvalue weighted by atomic mass is 10.2. The average Bonchev–Trinajstić information content (AvgIpc) is 2.85. The molecule has 0 unspecified atom stereocenters. The molecule has 0 radical (unpaired) electrons. The highest BCUT2D eigenvalue weighted by atomic mass is 35.5.